The first-order valence-electron chi connectivity index (χ1n) is 8.39. The van der Waals surface area contributed by atoms with Gasteiger partial charge in [-0.2, -0.15) is 25.2 Å². The Morgan fingerprint density at radius 2 is 1.06 bits per heavy atom. The normalized spacial score (nSPS) is 13.2. The van der Waals surface area contributed by atoms with Crippen LogP contribution in [0.1, 0.15) is 0 Å². The summed E-state index contributed by atoms with van der Waals surface area (Å²) in [5.41, 5.74) is -5.95. The zero-order valence-corrected chi connectivity index (χ0v) is 21.6. The average molecular weight is 736 g/mol. The van der Waals surface area contributed by atoms with Gasteiger partial charge in [0, 0.05) is 34.0 Å². The summed E-state index contributed by atoms with van der Waals surface area (Å²) in [7, 11) is -10.7. The van der Waals surface area contributed by atoms with Crippen LogP contribution < -0.4 is 0 Å². The quantitative estimate of drug-likeness (QED) is 0.155. The number of hydrogen-bond acceptors (Lipinski definition) is 3. The lowest BCUT2D eigenvalue weighted by Gasteiger charge is -2.39. The Morgan fingerprint density at radius 1 is 0.636 bits per heavy atom. The molecule has 3 aromatic carbocycles. The van der Waals surface area contributed by atoms with Gasteiger partial charge < -0.3 is 0 Å². The molecule has 0 saturated heterocycles. The van der Waals surface area contributed by atoms with Gasteiger partial charge in [-0.25, -0.2) is 17.6 Å². The first kappa shape index (κ1) is 26.5. The number of hydrogen-bond donors (Lipinski definition) is 0. The Hall–Kier alpha value is -1.11. The molecule has 178 valence electrons. The number of alkyl halides is 3. The third kappa shape index (κ3) is 5.43. The Labute approximate surface area is 212 Å². The first-order chi connectivity index (χ1) is 15.2. The van der Waals surface area contributed by atoms with Gasteiger partial charge in [0.25, 0.3) is 0 Å². The lowest BCUT2D eigenvalue weighted by Crippen LogP contribution is -2.27. The lowest BCUT2D eigenvalue weighted by atomic mass is 10.3. The van der Waals surface area contributed by atoms with Crippen LogP contribution in [0.4, 0.5) is 30.7 Å². The summed E-state index contributed by atoms with van der Waals surface area (Å²) >= 11 is 3.67. The molecule has 0 N–H and O–H groups in total. The zero-order chi connectivity index (χ0) is 24.8. The van der Waals surface area contributed by atoms with Gasteiger partial charge in [-0.1, -0.05) is 0 Å². The van der Waals surface area contributed by atoms with Crippen molar-refractivity contribution in [3.8, 4) is 0 Å². The van der Waals surface area contributed by atoms with Gasteiger partial charge in [-0.3, -0.25) is 0 Å². The molecule has 14 heteroatoms. The number of rotatable bonds is 5. The van der Waals surface area contributed by atoms with E-state index < -0.39 is 59.0 Å². The minimum atomic E-state index is -6.43. The molecule has 0 aliphatic carbocycles. The average Bonchev–Trinajstić information content (AvgIpc) is 2.66. The molecule has 0 spiro atoms. The maximum absolute atomic E-state index is 14.2. The van der Waals surface area contributed by atoms with E-state index in [1.165, 1.54) is 12.1 Å². The summed E-state index contributed by atoms with van der Waals surface area (Å²) in [5, 5.41) is 0. The molecule has 0 amide bonds. The SMILES string of the molecule is O=S(=O)(OS(c1cc(F)cc(F)c1)(c1cc(F)cc(F)c1)c1ccc(I)c(I)c1)C(F)(F)F. The fourth-order valence-electron chi connectivity index (χ4n) is 2.74. The van der Waals surface area contributed by atoms with Gasteiger partial charge in [0.1, 0.15) is 23.3 Å². The Bertz CT molecular complexity index is 1240. The van der Waals surface area contributed by atoms with Gasteiger partial charge in [0.05, 0.1) is 0 Å². The monoisotopic (exact) mass is 736 g/mol. The second kappa shape index (κ2) is 9.50. The van der Waals surface area contributed by atoms with Gasteiger partial charge >= 0.3 is 15.6 Å². The second-order valence-corrected chi connectivity index (χ2v) is 13.1. The van der Waals surface area contributed by atoms with Crippen molar-refractivity contribution in [1.82, 2.24) is 0 Å². The minimum absolute atomic E-state index is 0.296. The largest absolute Gasteiger partial charge is 0.524 e. The molecule has 0 radical (unpaired) electrons. The predicted molar refractivity (Wildman–Crippen MR) is 123 cm³/mol. The van der Waals surface area contributed by atoms with Crippen LogP contribution in [0.2, 0.25) is 0 Å². The molecular weight excluding hydrogens is 727 g/mol. The number of benzene rings is 3. The van der Waals surface area contributed by atoms with Crippen LogP contribution in [0.15, 0.2) is 69.3 Å². The van der Waals surface area contributed by atoms with Crippen LogP contribution in [-0.4, -0.2) is 13.9 Å². The Kier molecular flexibility index (Phi) is 7.63. The molecule has 0 heterocycles. The van der Waals surface area contributed by atoms with E-state index in [2.05, 4.69) is 0 Å². The summed E-state index contributed by atoms with van der Waals surface area (Å²) in [5.74, 6) is -5.09. The highest BCUT2D eigenvalue weighted by atomic mass is 127. The maximum atomic E-state index is 14.2. The molecule has 0 aromatic heterocycles. The van der Waals surface area contributed by atoms with Crippen LogP contribution in [0, 0.1) is 30.4 Å². The summed E-state index contributed by atoms with van der Waals surface area (Å²) < 4.78 is 127. The van der Waals surface area contributed by atoms with Crippen LogP contribution in [-0.2, 0) is 13.7 Å². The summed E-state index contributed by atoms with van der Waals surface area (Å²) in [6.45, 7) is 0. The van der Waals surface area contributed by atoms with Gasteiger partial charge in [0.15, 0.2) is 0 Å². The van der Waals surface area contributed by atoms with Crippen LogP contribution >= 0.6 is 55.5 Å². The van der Waals surface area contributed by atoms with E-state index >= 15 is 0 Å². The molecule has 0 fully saturated rings. The predicted octanol–water partition coefficient (Wildman–Crippen LogP) is 7.52. The highest BCUT2D eigenvalue weighted by Gasteiger charge is 2.53. The van der Waals surface area contributed by atoms with Crippen molar-refractivity contribution in [1.29, 1.82) is 0 Å². The molecule has 0 unspecified atom stereocenters. The van der Waals surface area contributed by atoms with Crippen molar-refractivity contribution in [2.75, 3.05) is 0 Å². The topological polar surface area (TPSA) is 43.4 Å². The Balaban J connectivity index is 2.54. The molecule has 33 heavy (non-hydrogen) atoms. The molecule has 3 aromatic rings. The third-order valence-electron chi connectivity index (χ3n) is 4.03. The smallest absolute Gasteiger partial charge is 0.207 e. The molecule has 3 rings (SSSR count). The summed E-state index contributed by atoms with van der Waals surface area (Å²) in [4.78, 5) is -1.69. The van der Waals surface area contributed by atoms with Crippen molar-refractivity contribution >= 4 is 65.6 Å². The molecule has 0 bridgehead atoms. The highest BCUT2D eigenvalue weighted by molar-refractivity contribution is 14.1. The van der Waals surface area contributed by atoms with Crippen LogP contribution in [0.25, 0.3) is 0 Å². The van der Waals surface area contributed by atoms with Gasteiger partial charge in [0.2, 0.25) is 0 Å². The van der Waals surface area contributed by atoms with Crippen molar-refractivity contribution in [3.05, 3.63) is 85.0 Å². The minimum Gasteiger partial charge on any atom is -0.207 e. The summed E-state index contributed by atoms with van der Waals surface area (Å²) in [6, 6.07) is 6.78. The van der Waals surface area contributed by atoms with E-state index in [1.54, 1.807) is 22.6 Å². The zero-order valence-electron chi connectivity index (χ0n) is 15.6. The third-order valence-corrected chi connectivity index (χ3v) is 11.7. The van der Waals surface area contributed by atoms with Crippen molar-refractivity contribution < 1.29 is 42.8 Å². The fraction of sp³-hybridized carbons (Fsp3) is 0.0526. The van der Waals surface area contributed by atoms with Crippen LogP contribution in [0.3, 0.4) is 0 Å². The molecule has 0 aliphatic heterocycles. The first-order valence-corrected chi connectivity index (χ1v) is 13.5. The van der Waals surface area contributed by atoms with E-state index in [-0.39, 0.29) is 4.90 Å². The maximum Gasteiger partial charge on any atom is 0.524 e. The van der Waals surface area contributed by atoms with Crippen molar-refractivity contribution in [2.24, 2.45) is 0 Å². The van der Waals surface area contributed by atoms with E-state index in [4.69, 9.17) is 3.63 Å². The molecular formula is C19H9F7I2O3S2. The van der Waals surface area contributed by atoms with Crippen molar-refractivity contribution in [3.63, 3.8) is 0 Å². The van der Waals surface area contributed by atoms with E-state index in [1.807, 2.05) is 22.6 Å². The van der Waals surface area contributed by atoms with E-state index in [0.717, 1.165) is 6.07 Å². The molecule has 0 saturated carbocycles. The molecule has 3 nitrogen and oxygen atoms in total. The highest BCUT2D eigenvalue weighted by Crippen LogP contribution is 2.71. The lowest BCUT2D eigenvalue weighted by molar-refractivity contribution is -0.0496. The van der Waals surface area contributed by atoms with E-state index in [9.17, 15) is 39.2 Å². The van der Waals surface area contributed by atoms with Crippen molar-refractivity contribution in [2.45, 2.75) is 20.2 Å². The van der Waals surface area contributed by atoms with Gasteiger partial charge in [-0.15, -0.1) is 0 Å². The summed E-state index contributed by atoms with van der Waals surface area (Å²) in [6.07, 6.45) is 0. The van der Waals surface area contributed by atoms with E-state index in [0.29, 0.717) is 43.5 Å². The number of halogens is 9. The molecule has 0 aliphatic rings. The van der Waals surface area contributed by atoms with Crippen LogP contribution in [0.5, 0.6) is 0 Å². The Morgan fingerprint density at radius 3 is 1.42 bits per heavy atom. The molecule has 0 atom stereocenters. The fourth-order valence-corrected chi connectivity index (χ4v) is 8.61. The standard InChI is InChI=1S/C19H9F7I2O3S2/c20-10-3-11(21)6-15(5-10)32(31-33(29,30)19(24,25)26,14-1-2-17(27)18(28)9-14)16-7-12(22)4-13(23)8-16/h1-9H. The van der Waals surface area contributed by atoms with Gasteiger partial charge in [-0.05, 0) is 98.0 Å². The second-order valence-electron chi connectivity index (χ2n) is 6.31.